The lowest BCUT2D eigenvalue weighted by Crippen LogP contribution is -2.32. The van der Waals surface area contributed by atoms with Crippen LogP contribution in [0.4, 0.5) is 4.79 Å². The van der Waals surface area contributed by atoms with Gasteiger partial charge in [-0.15, -0.1) is 0 Å². The molecular formula is C12H16ClNO2. The van der Waals surface area contributed by atoms with Crippen LogP contribution in [0.15, 0.2) is 24.3 Å². The Morgan fingerprint density at radius 1 is 1.38 bits per heavy atom. The van der Waals surface area contributed by atoms with E-state index in [2.05, 4.69) is 0 Å². The Morgan fingerprint density at radius 3 is 2.62 bits per heavy atom. The van der Waals surface area contributed by atoms with Crippen molar-refractivity contribution in [1.82, 2.24) is 4.90 Å². The molecule has 0 saturated carbocycles. The lowest BCUT2D eigenvalue weighted by Gasteiger charge is -2.18. The molecule has 0 atom stereocenters. The molecule has 1 aromatic carbocycles. The van der Waals surface area contributed by atoms with Crippen molar-refractivity contribution in [3.63, 3.8) is 0 Å². The molecule has 0 aliphatic rings. The van der Waals surface area contributed by atoms with Crippen LogP contribution in [0.1, 0.15) is 18.9 Å². The summed E-state index contributed by atoms with van der Waals surface area (Å²) in [5, 5.41) is 9.64. The van der Waals surface area contributed by atoms with E-state index in [9.17, 15) is 4.79 Å². The van der Waals surface area contributed by atoms with Gasteiger partial charge in [0.1, 0.15) is 0 Å². The summed E-state index contributed by atoms with van der Waals surface area (Å²) in [5.41, 5.74) is 0.992. The zero-order chi connectivity index (χ0) is 12.0. The highest BCUT2D eigenvalue weighted by Crippen LogP contribution is 2.15. The Kier molecular flexibility index (Phi) is 5.12. The largest absolute Gasteiger partial charge is 0.465 e. The molecule has 1 rings (SSSR count). The molecule has 0 spiro atoms. The Balaban J connectivity index is 2.55. The SMILES string of the molecule is CCCN(CCc1ccccc1Cl)C(=O)O. The molecule has 0 radical (unpaired) electrons. The van der Waals surface area contributed by atoms with E-state index >= 15 is 0 Å². The van der Waals surface area contributed by atoms with Crippen molar-refractivity contribution in [1.29, 1.82) is 0 Å². The van der Waals surface area contributed by atoms with E-state index < -0.39 is 6.09 Å². The second-order valence-corrected chi connectivity index (χ2v) is 4.02. The maximum Gasteiger partial charge on any atom is 0.407 e. The maximum atomic E-state index is 10.9. The second kappa shape index (κ2) is 6.38. The molecule has 0 aromatic heterocycles. The van der Waals surface area contributed by atoms with Gasteiger partial charge in [-0.1, -0.05) is 36.7 Å². The van der Waals surface area contributed by atoms with E-state index in [1.807, 2.05) is 31.2 Å². The van der Waals surface area contributed by atoms with Gasteiger partial charge in [0.15, 0.2) is 0 Å². The Morgan fingerprint density at radius 2 is 2.06 bits per heavy atom. The van der Waals surface area contributed by atoms with Crippen molar-refractivity contribution in [2.45, 2.75) is 19.8 Å². The quantitative estimate of drug-likeness (QED) is 0.860. The van der Waals surface area contributed by atoms with E-state index in [1.54, 1.807) is 0 Å². The van der Waals surface area contributed by atoms with Crippen LogP contribution in [0.5, 0.6) is 0 Å². The van der Waals surface area contributed by atoms with E-state index in [0.717, 1.165) is 12.0 Å². The minimum absolute atomic E-state index is 0.493. The monoisotopic (exact) mass is 241 g/mol. The summed E-state index contributed by atoms with van der Waals surface area (Å²) in [4.78, 5) is 12.3. The van der Waals surface area contributed by atoms with Crippen molar-refractivity contribution in [2.24, 2.45) is 0 Å². The molecule has 3 nitrogen and oxygen atoms in total. The molecule has 0 fully saturated rings. The number of hydrogen-bond donors (Lipinski definition) is 1. The molecule has 0 aliphatic heterocycles. The molecule has 0 heterocycles. The third kappa shape index (κ3) is 3.74. The fourth-order valence-corrected chi connectivity index (χ4v) is 1.76. The molecule has 0 unspecified atom stereocenters. The summed E-state index contributed by atoms with van der Waals surface area (Å²) < 4.78 is 0. The average molecular weight is 242 g/mol. The van der Waals surface area contributed by atoms with Crippen LogP contribution < -0.4 is 0 Å². The Hall–Kier alpha value is -1.22. The van der Waals surface area contributed by atoms with Crippen LogP contribution in [0, 0.1) is 0 Å². The molecule has 4 heteroatoms. The first-order valence-electron chi connectivity index (χ1n) is 5.36. The van der Waals surface area contributed by atoms with Crippen LogP contribution in [-0.2, 0) is 6.42 Å². The van der Waals surface area contributed by atoms with Gasteiger partial charge < -0.3 is 10.0 Å². The number of amides is 1. The highest BCUT2D eigenvalue weighted by atomic mass is 35.5. The number of hydrogen-bond acceptors (Lipinski definition) is 1. The van der Waals surface area contributed by atoms with Crippen LogP contribution in [0.3, 0.4) is 0 Å². The van der Waals surface area contributed by atoms with Gasteiger partial charge in [0.25, 0.3) is 0 Å². The molecule has 0 saturated heterocycles. The highest BCUT2D eigenvalue weighted by Gasteiger charge is 2.10. The van der Waals surface area contributed by atoms with Gasteiger partial charge in [0, 0.05) is 18.1 Å². The lowest BCUT2D eigenvalue weighted by atomic mass is 10.1. The summed E-state index contributed by atoms with van der Waals surface area (Å²) in [6.45, 7) is 3.03. The molecule has 1 N–H and O–H groups in total. The molecule has 88 valence electrons. The first-order chi connectivity index (χ1) is 7.65. The van der Waals surface area contributed by atoms with Gasteiger partial charge in [-0.05, 0) is 24.5 Å². The van der Waals surface area contributed by atoms with Gasteiger partial charge >= 0.3 is 6.09 Å². The number of carbonyl (C=O) groups is 1. The van der Waals surface area contributed by atoms with Crippen LogP contribution in [0.2, 0.25) is 5.02 Å². The predicted molar refractivity (Wildman–Crippen MR) is 65.0 cm³/mol. The smallest absolute Gasteiger partial charge is 0.407 e. The third-order valence-electron chi connectivity index (χ3n) is 2.37. The van der Waals surface area contributed by atoms with Crippen LogP contribution in [0.25, 0.3) is 0 Å². The lowest BCUT2D eigenvalue weighted by molar-refractivity contribution is 0.145. The van der Waals surface area contributed by atoms with Crippen molar-refractivity contribution in [3.05, 3.63) is 34.9 Å². The molecule has 0 bridgehead atoms. The van der Waals surface area contributed by atoms with Crippen LogP contribution >= 0.6 is 11.6 Å². The summed E-state index contributed by atoms with van der Waals surface area (Å²) in [7, 11) is 0. The van der Waals surface area contributed by atoms with E-state index in [0.29, 0.717) is 24.5 Å². The van der Waals surface area contributed by atoms with Crippen LogP contribution in [-0.4, -0.2) is 29.2 Å². The molecule has 1 amide bonds. The fraction of sp³-hybridized carbons (Fsp3) is 0.417. The Bertz CT molecular complexity index is 355. The maximum absolute atomic E-state index is 10.9. The molecular weight excluding hydrogens is 226 g/mol. The van der Waals surface area contributed by atoms with Gasteiger partial charge in [0.2, 0.25) is 0 Å². The third-order valence-corrected chi connectivity index (χ3v) is 2.74. The first kappa shape index (κ1) is 12.8. The molecule has 0 aliphatic carbocycles. The zero-order valence-corrected chi connectivity index (χ0v) is 10.1. The first-order valence-corrected chi connectivity index (χ1v) is 5.74. The molecule has 16 heavy (non-hydrogen) atoms. The van der Waals surface area contributed by atoms with Gasteiger partial charge in [-0.3, -0.25) is 0 Å². The topological polar surface area (TPSA) is 40.5 Å². The molecule has 1 aromatic rings. The minimum Gasteiger partial charge on any atom is -0.465 e. The number of benzene rings is 1. The summed E-state index contributed by atoms with van der Waals surface area (Å²) in [6.07, 6.45) is 0.620. The number of halogens is 1. The zero-order valence-electron chi connectivity index (χ0n) is 9.32. The normalized spacial score (nSPS) is 10.1. The van der Waals surface area contributed by atoms with Gasteiger partial charge in [-0.2, -0.15) is 0 Å². The highest BCUT2D eigenvalue weighted by molar-refractivity contribution is 6.31. The second-order valence-electron chi connectivity index (χ2n) is 3.61. The van der Waals surface area contributed by atoms with Gasteiger partial charge in [0.05, 0.1) is 0 Å². The van der Waals surface area contributed by atoms with Crippen molar-refractivity contribution >= 4 is 17.7 Å². The standard InChI is InChI=1S/C12H16ClNO2/c1-2-8-14(12(15)16)9-7-10-5-3-4-6-11(10)13/h3-6H,2,7-9H2,1H3,(H,15,16). The Labute approximate surface area is 101 Å². The minimum atomic E-state index is -0.867. The summed E-state index contributed by atoms with van der Waals surface area (Å²) >= 11 is 6.00. The van der Waals surface area contributed by atoms with E-state index in [4.69, 9.17) is 16.7 Å². The predicted octanol–water partition coefficient (Wildman–Crippen LogP) is 3.27. The fourth-order valence-electron chi connectivity index (χ4n) is 1.53. The summed E-state index contributed by atoms with van der Waals surface area (Å²) in [5.74, 6) is 0. The number of rotatable bonds is 5. The number of nitrogens with zero attached hydrogens (tertiary/aromatic N) is 1. The van der Waals surface area contributed by atoms with Crippen molar-refractivity contribution < 1.29 is 9.90 Å². The van der Waals surface area contributed by atoms with Crippen molar-refractivity contribution in [2.75, 3.05) is 13.1 Å². The van der Waals surface area contributed by atoms with Crippen molar-refractivity contribution in [3.8, 4) is 0 Å². The number of carboxylic acid groups (broad SMARTS) is 1. The van der Waals surface area contributed by atoms with E-state index in [1.165, 1.54) is 4.90 Å². The van der Waals surface area contributed by atoms with E-state index in [-0.39, 0.29) is 0 Å². The van der Waals surface area contributed by atoms with Gasteiger partial charge in [-0.25, -0.2) is 4.79 Å². The average Bonchev–Trinajstić information content (AvgIpc) is 2.26. The summed E-state index contributed by atoms with van der Waals surface area (Å²) in [6, 6.07) is 7.52.